The van der Waals surface area contributed by atoms with Crippen molar-refractivity contribution in [2.24, 2.45) is 0 Å². The number of thiophene rings is 1. The number of aromatic nitrogens is 3. The molecule has 1 saturated carbocycles. The summed E-state index contributed by atoms with van der Waals surface area (Å²) in [4.78, 5) is 8.99. The molecule has 3 heterocycles. The summed E-state index contributed by atoms with van der Waals surface area (Å²) >= 11 is 1.78. The van der Waals surface area contributed by atoms with E-state index in [-0.39, 0.29) is 0 Å². The summed E-state index contributed by atoms with van der Waals surface area (Å²) in [6.45, 7) is 0. The molecule has 0 aliphatic heterocycles. The molecule has 1 fully saturated rings. The fraction of sp³-hybridized carbons (Fsp3) is 0.429. The van der Waals surface area contributed by atoms with Crippen molar-refractivity contribution in [2.45, 2.75) is 38.1 Å². The van der Waals surface area contributed by atoms with E-state index in [0.29, 0.717) is 6.04 Å². The monoisotopic (exact) mass is 257 g/mol. The lowest BCUT2D eigenvalue weighted by molar-refractivity contribution is 0.360. The van der Waals surface area contributed by atoms with Crippen molar-refractivity contribution in [3.05, 3.63) is 24.0 Å². The van der Waals surface area contributed by atoms with Gasteiger partial charge in [-0.15, -0.1) is 11.3 Å². The SMILES string of the molecule is c1cc2ncc3ncn(C4CCCCC4)c3c2s1. The first-order chi connectivity index (χ1) is 8.93. The quantitative estimate of drug-likeness (QED) is 0.655. The number of imidazole rings is 1. The van der Waals surface area contributed by atoms with Crippen molar-refractivity contribution < 1.29 is 0 Å². The Kier molecular flexibility index (Phi) is 2.36. The lowest BCUT2D eigenvalue weighted by Crippen LogP contribution is -2.11. The van der Waals surface area contributed by atoms with Crippen molar-refractivity contribution in [3.8, 4) is 0 Å². The van der Waals surface area contributed by atoms with E-state index in [4.69, 9.17) is 0 Å². The molecule has 18 heavy (non-hydrogen) atoms. The molecule has 0 spiro atoms. The van der Waals surface area contributed by atoms with Crippen molar-refractivity contribution in [1.29, 1.82) is 0 Å². The van der Waals surface area contributed by atoms with E-state index >= 15 is 0 Å². The third-order valence-corrected chi connectivity index (χ3v) is 4.89. The average molecular weight is 257 g/mol. The number of rotatable bonds is 1. The number of hydrogen-bond donors (Lipinski definition) is 0. The molecule has 0 atom stereocenters. The summed E-state index contributed by atoms with van der Waals surface area (Å²) in [6.07, 6.45) is 10.6. The molecule has 3 nitrogen and oxygen atoms in total. The van der Waals surface area contributed by atoms with Gasteiger partial charge < -0.3 is 4.57 Å². The first-order valence-electron chi connectivity index (χ1n) is 6.62. The zero-order valence-electron chi connectivity index (χ0n) is 10.2. The Morgan fingerprint density at radius 3 is 2.89 bits per heavy atom. The molecule has 3 aromatic rings. The fourth-order valence-corrected chi connectivity index (χ4v) is 3.95. The van der Waals surface area contributed by atoms with E-state index in [9.17, 15) is 0 Å². The van der Waals surface area contributed by atoms with Crippen LogP contribution in [-0.4, -0.2) is 14.5 Å². The Hall–Kier alpha value is -1.42. The molecule has 1 aliphatic rings. The highest BCUT2D eigenvalue weighted by molar-refractivity contribution is 7.18. The number of nitrogens with zero attached hydrogens (tertiary/aromatic N) is 3. The van der Waals surface area contributed by atoms with E-state index in [1.165, 1.54) is 42.3 Å². The van der Waals surface area contributed by atoms with Crippen LogP contribution in [0.25, 0.3) is 21.3 Å². The molecule has 0 N–H and O–H groups in total. The molecule has 0 unspecified atom stereocenters. The van der Waals surface area contributed by atoms with Crippen LogP contribution in [0.2, 0.25) is 0 Å². The molecule has 0 saturated heterocycles. The summed E-state index contributed by atoms with van der Waals surface area (Å²) in [6, 6.07) is 2.73. The summed E-state index contributed by atoms with van der Waals surface area (Å²) < 4.78 is 3.69. The Labute approximate surface area is 109 Å². The topological polar surface area (TPSA) is 30.7 Å². The molecule has 0 amide bonds. The minimum Gasteiger partial charge on any atom is -0.326 e. The third kappa shape index (κ3) is 1.48. The summed E-state index contributed by atoms with van der Waals surface area (Å²) in [5.74, 6) is 0. The van der Waals surface area contributed by atoms with Crippen LogP contribution in [0.3, 0.4) is 0 Å². The van der Waals surface area contributed by atoms with Gasteiger partial charge in [-0.1, -0.05) is 19.3 Å². The first-order valence-corrected chi connectivity index (χ1v) is 7.50. The zero-order valence-corrected chi connectivity index (χ0v) is 11.0. The van der Waals surface area contributed by atoms with Crippen LogP contribution in [-0.2, 0) is 0 Å². The van der Waals surface area contributed by atoms with Crippen LogP contribution in [0, 0.1) is 0 Å². The van der Waals surface area contributed by atoms with Gasteiger partial charge in [-0.2, -0.15) is 0 Å². The molecular formula is C14H15N3S. The minimum absolute atomic E-state index is 0.636. The van der Waals surface area contributed by atoms with Gasteiger partial charge in [-0.05, 0) is 24.3 Å². The van der Waals surface area contributed by atoms with E-state index < -0.39 is 0 Å². The Balaban J connectivity index is 1.96. The minimum atomic E-state index is 0.636. The van der Waals surface area contributed by atoms with Gasteiger partial charge in [-0.3, -0.25) is 4.98 Å². The van der Waals surface area contributed by atoms with Crippen LogP contribution in [0.5, 0.6) is 0 Å². The van der Waals surface area contributed by atoms with Gasteiger partial charge in [0.15, 0.2) is 0 Å². The van der Waals surface area contributed by atoms with Crippen molar-refractivity contribution in [1.82, 2.24) is 14.5 Å². The highest BCUT2D eigenvalue weighted by atomic mass is 32.1. The first kappa shape index (κ1) is 10.5. The van der Waals surface area contributed by atoms with Gasteiger partial charge in [0.2, 0.25) is 0 Å². The van der Waals surface area contributed by atoms with Gasteiger partial charge in [0.1, 0.15) is 5.52 Å². The van der Waals surface area contributed by atoms with E-state index in [1.54, 1.807) is 11.3 Å². The third-order valence-electron chi connectivity index (χ3n) is 3.98. The second-order valence-corrected chi connectivity index (χ2v) is 5.99. The van der Waals surface area contributed by atoms with Crippen LogP contribution in [0.15, 0.2) is 24.0 Å². The molecular weight excluding hydrogens is 242 g/mol. The lowest BCUT2D eigenvalue weighted by Gasteiger charge is -2.23. The Morgan fingerprint density at radius 2 is 2.00 bits per heavy atom. The maximum absolute atomic E-state index is 4.53. The number of fused-ring (bicyclic) bond motifs is 3. The average Bonchev–Trinajstić information content (AvgIpc) is 3.05. The van der Waals surface area contributed by atoms with Crippen molar-refractivity contribution >= 4 is 32.6 Å². The van der Waals surface area contributed by atoms with Gasteiger partial charge in [0.25, 0.3) is 0 Å². The van der Waals surface area contributed by atoms with Crippen LogP contribution < -0.4 is 0 Å². The molecule has 3 aromatic heterocycles. The lowest BCUT2D eigenvalue weighted by atomic mass is 9.95. The van der Waals surface area contributed by atoms with E-state index in [0.717, 1.165) is 11.0 Å². The van der Waals surface area contributed by atoms with E-state index in [2.05, 4.69) is 26.0 Å². The largest absolute Gasteiger partial charge is 0.326 e. The standard InChI is InChI=1S/C14H15N3S/c1-2-4-10(5-3-1)17-9-16-12-8-15-11-6-7-18-14(11)13(12)17/h6-10H,1-5H2. The maximum Gasteiger partial charge on any atom is 0.108 e. The summed E-state index contributed by atoms with van der Waals surface area (Å²) in [5, 5.41) is 2.12. The van der Waals surface area contributed by atoms with Gasteiger partial charge in [0, 0.05) is 6.04 Å². The predicted molar refractivity (Wildman–Crippen MR) is 75.0 cm³/mol. The number of hydrogen-bond acceptors (Lipinski definition) is 3. The van der Waals surface area contributed by atoms with Crippen molar-refractivity contribution in [2.75, 3.05) is 0 Å². The molecule has 0 bridgehead atoms. The van der Waals surface area contributed by atoms with E-state index in [1.807, 2.05) is 12.5 Å². The Morgan fingerprint density at radius 1 is 1.11 bits per heavy atom. The highest BCUT2D eigenvalue weighted by Crippen LogP contribution is 2.34. The zero-order chi connectivity index (χ0) is 11.9. The van der Waals surface area contributed by atoms with Crippen molar-refractivity contribution in [3.63, 3.8) is 0 Å². The molecule has 92 valence electrons. The molecule has 4 heteroatoms. The summed E-state index contributed by atoms with van der Waals surface area (Å²) in [7, 11) is 0. The second-order valence-electron chi connectivity index (χ2n) is 5.07. The smallest absolute Gasteiger partial charge is 0.108 e. The van der Waals surface area contributed by atoms with Gasteiger partial charge in [0.05, 0.1) is 28.3 Å². The van der Waals surface area contributed by atoms with Crippen LogP contribution in [0.1, 0.15) is 38.1 Å². The maximum atomic E-state index is 4.53. The fourth-order valence-electron chi connectivity index (χ4n) is 3.05. The summed E-state index contributed by atoms with van der Waals surface area (Å²) in [5.41, 5.74) is 3.43. The second kappa shape index (κ2) is 4.05. The molecule has 0 aromatic carbocycles. The van der Waals surface area contributed by atoms with Crippen LogP contribution >= 0.6 is 11.3 Å². The van der Waals surface area contributed by atoms with Crippen LogP contribution in [0.4, 0.5) is 0 Å². The molecule has 4 rings (SSSR count). The molecule has 0 radical (unpaired) electrons. The van der Waals surface area contributed by atoms with Gasteiger partial charge >= 0.3 is 0 Å². The Bertz CT molecular complexity index is 691. The normalized spacial score (nSPS) is 17.8. The predicted octanol–water partition coefficient (Wildman–Crippen LogP) is 4.15. The molecule has 1 aliphatic carbocycles. The van der Waals surface area contributed by atoms with Gasteiger partial charge in [-0.25, -0.2) is 4.98 Å². The number of pyridine rings is 1. The highest BCUT2D eigenvalue weighted by Gasteiger charge is 2.19.